The highest BCUT2D eigenvalue weighted by atomic mass is 79.9. The van der Waals surface area contributed by atoms with Crippen LogP contribution in [0.4, 0.5) is 0 Å². The molecule has 0 N–H and O–H groups in total. The molecular formula is C14H19BrO4. The molecular weight excluding hydrogens is 312 g/mol. The minimum absolute atomic E-state index is 0.0598. The molecule has 1 aliphatic rings. The largest absolute Gasteiger partial charge is 0.493 e. The number of methoxy groups -OCH3 is 2. The van der Waals surface area contributed by atoms with E-state index < -0.39 is 0 Å². The first-order valence-electron chi connectivity index (χ1n) is 6.11. The molecule has 4 nitrogen and oxygen atoms in total. The standard InChI is InChI=1S/C14H19BrO4/c1-14(2)7-18-13(19-8-14)9-5-10(15)12(17-4)11(6-9)16-3/h5-6,13H,7-8H2,1-4H3. The van der Waals surface area contributed by atoms with Crippen molar-refractivity contribution in [2.75, 3.05) is 27.4 Å². The van der Waals surface area contributed by atoms with E-state index in [0.29, 0.717) is 24.7 Å². The van der Waals surface area contributed by atoms with Gasteiger partial charge in [0.2, 0.25) is 0 Å². The second-order valence-electron chi connectivity index (χ2n) is 5.36. The molecule has 0 aliphatic carbocycles. The van der Waals surface area contributed by atoms with E-state index >= 15 is 0 Å². The topological polar surface area (TPSA) is 36.9 Å². The van der Waals surface area contributed by atoms with Gasteiger partial charge >= 0.3 is 0 Å². The minimum Gasteiger partial charge on any atom is -0.493 e. The molecule has 1 aromatic carbocycles. The van der Waals surface area contributed by atoms with E-state index in [-0.39, 0.29) is 11.7 Å². The van der Waals surface area contributed by atoms with E-state index in [4.69, 9.17) is 18.9 Å². The highest BCUT2D eigenvalue weighted by Gasteiger charge is 2.30. The van der Waals surface area contributed by atoms with Crippen molar-refractivity contribution in [3.63, 3.8) is 0 Å². The lowest BCUT2D eigenvalue weighted by molar-refractivity contribution is -0.226. The van der Waals surface area contributed by atoms with Crippen molar-refractivity contribution >= 4 is 15.9 Å². The van der Waals surface area contributed by atoms with Gasteiger partial charge in [-0.1, -0.05) is 13.8 Å². The van der Waals surface area contributed by atoms with Crippen LogP contribution in [-0.4, -0.2) is 27.4 Å². The monoisotopic (exact) mass is 330 g/mol. The van der Waals surface area contributed by atoms with Gasteiger partial charge in [-0.2, -0.15) is 0 Å². The average Bonchev–Trinajstić information content (AvgIpc) is 2.37. The van der Waals surface area contributed by atoms with Gasteiger partial charge in [-0.05, 0) is 28.1 Å². The fourth-order valence-corrected chi connectivity index (χ4v) is 2.58. The first-order valence-corrected chi connectivity index (χ1v) is 6.91. The van der Waals surface area contributed by atoms with Crippen LogP contribution in [0.5, 0.6) is 11.5 Å². The highest BCUT2D eigenvalue weighted by Crippen LogP contribution is 2.40. The van der Waals surface area contributed by atoms with Gasteiger partial charge in [-0.15, -0.1) is 0 Å². The zero-order valence-corrected chi connectivity index (χ0v) is 13.2. The average molecular weight is 331 g/mol. The second-order valence-corrected chi connectivity index (χ2v) is 6.21. The van der Waals surface area contributed by atoms with Crippen LogP contribution in [0, 0.1) is 5.41 Å². The van der Waals surface area contributed by atoms with E-state index in [9.17, 15) is 0 Å². The number of ether oxygens (including phenoxy) is 4. The van der Waals surface area contributed by atoms with Crippen LogP contribution in [-0.2, 0) is 9.47 Å². The van der Waals surface area contributed by atoms with Crippen LogP contribution in [0.3, 0.4) is 0 Å². The molecule has 0 saturated carbocycles. The summed E-state index contributed by atoms with van der Waals surface area (Å²) in [6, 6.07) is 3.82. The molecule has 1 heterocycles. The summed E-state index contributed by atoms with van der Waals surface area (Å²) in [6.45, 7) is 5.58. The predicted molar refractivity (Wildman–Crippen MR) is 75.7 cm³/mol. The molecule has 0 radical (unpaired) electrons. The third kappa shape index (κ3) is 3.22. The van der Waals surface area contributed by atoms with Crippen molar-refractivity contribution in [2.45, 2.75) is 20.1 Å². The van der Waals surface area contributed by atoms with Gasteiger partial charge in [0.1, 0.15) is 0 Å². The number of rotatable bonds is 3. The fourth-order valence-electron chi connectivity index (χ4n) is 1.96. The maximum atomic E-state index is 5.77. The Kier molecular flexibility index (Phi) is 4.38. The van der Waals surface area contributed by atoms with Crippen molar-refractivity contribution in [3.8, 4) is 11.5 Å². The van der Waals surface area contributed by atoms with E-state index in [0.717, 1.165) is 10.0 Å². The summed E-state index contributed by atoms with van der Waals surface area (Å²) >= 11 is 3.47. The Labute approximate surface area is 122 Å². The molecule has 1 saturated heterocycles. The number of hydrogen-bond acceptors (Lipinski definition) is 4. The van der Waals surface area contributed by atoms with Gasteiger partial charge in [-0.3, -0.25) is 0 Å². The number of halogens is 1. The van der Waals surface area contributed by atoms with Crippen LogP contribution in [0.25, 0.3) is 0 Å². The number of benzene rings is 1. The van der Waals surface area contributed by atoms with Crippen molar-refractivity contribution in [1.29, 1.82) is 0 Å². The Morgan fingerprint density at radius 3 is 2.32 bits per heavy atom. The van der Waals surface area contributed by atoms with Crippen LogP contribution in [0.15, 0.2) is 16.6 Å². The maximum Gasteiger partial charge on any atom is 0.184 e. The van der Waals surface area contributed by atoms with E-state index in [1.807, 2.05) is 12.1 Å². The molecule has 0 bridgehead atoms. The van der Waals surface area contributed by atoms with Crippen molar-refractivity contribution in [3.05, 3.63) is 22.2 Å². The molecule has 0 atom stereocenters. The molecule has 0 amide bonds. The molecule has 19 heavy (non-hydrogen) atoms. The second kappa shape index (κ2) is 5.69. The SMILES string of the molecule is COc1cc(C2OCC(C)(C)CO2)cc(Br)c1OC. The molecule has 1 aliphatic heterocycles. The summed E-state index contributed by atoms with van der Waals surface area (Å²) in [6.07, 6.45) is -0.357. The van der Waals surface area contributed by atoms with E-state index in [2.05, 4.69) is 29.8 Å². The van der Waals surface area contributed by atoms with Gasteiger partial charge in [0.15, 0.2) is 17.8 Å². The number of hydrogen-bond donors (Lipinski definition) is 0. The predicted octanol–water partition coefficient (Wildman–Crippen LogP) is 3.54. The minimum atomic E-state index is -0.357. The zero-order valence-electron chi connectivity index (χ0n) is 11.7. The summed E-state index contributed by atoms with van der Waals surface area (Å²) < 4.78 is 23.0. The normalized spacial score (nSPS) is 19.2. The molecule has 0 spiro atoms. The van der Waals surface area contributed by atoms with Crippen LogP contribution >= 0.6 is 15.9 Å². The Morgan fingerprint density at radius 1 is 1.16 bits per heavy atom. The van der Waals surface area contributed by atoms with Gasteiger partial charge < -0.3 is 18.9 Å². The summed E-state index contributed by atoms with van der Waals surface area (Å²) in [7, 11) is 3.22. The van der Waals surface area contributed by atoms with Crippen LogP contribution in [0.2, 0.25) is 0 Å². The Bertz CT molecular complexity index is 449. The quantitative estimate of drug-likeness (QED) is 0.849. The molecule has 1 aromatic rings. The van der Waals surface area contributed by atoms with E-state index in [1.54, 1.807) is 14.2 Å². The van der Waals surface area contributed by atoms with Gasteiger partial charge in [-0.25, -0.2) is 0 Å². The summed E-state index contributed by atoms with van der Waals surface area (Å²) in [5.74, 6) is 1.33. The molecule has 1 fully saturated rings. The molecule has 106 valence electrons. The van der Waals surface area contributed by atoms with Crippen LogP contribution < -0.4 is 9.47 Å². The van der Waals surface area contributed by atoms with Crippen molar-refractivity contribution < 1.29 is 18.9 Å². The van der Waals surface area contributed by atoms with Gasteiger partial charge in [0, 0.05) is 11.0 Å². The lowest BCUT2D eigenvalue weighted by Gasteiger charge is -2.34. The van der Waals surface area contributed by atoms with Crippen molar-refractivity contribution in [1.82, 2.24) is 0 Å². The third-order valence-electron chi connectivity index (χ3n) is 2.98. The molecule has 0 aromatic heterocycles. The van der Waals surface area contributed by atoms with Crippen molar-refractivity contribution in [2.24, 2.45) is 5.41 Å². The summed E-state index contributed by atoms with van der Waals surface area (Å²) in [5.41, 5.74) is 0.977. The first kappa shape index (κ1) is 14.6. The summed E-state index contributed by atoms with van der Waals surface area (Å²) in [5, 5.41) is 0. The van der Waals surface area contributed by atoms with Gasteiger partial charge in [0.05, 0.1) is 31.9 Å². The smallest absolute Gasteiger partial charge is 0.184 e. The maximum absolute atomic E-state index is 5.77. The lowest BCUT2D eigenvalue weighted by atomic mass is 9.95. The Hall–Kier alpha value is -0.780. The third-order valence-corrected chi connectivity index (χ3v) is 3.57. The lowest BCUT2D eigenvalue weighted by Crippen LogP contribution is -2.33. The molecule has 2 rings (SSSR count). The first-order chi connectivity index (χ1) is 8.96. The zero-order chi connectivity index (χ0) is 14.0. The fraction of sp³-hybridized carbons (Fsp3) is 0.571. The highest BCUT2D eigenvalue weighted by molar-refractivity contribution is 9.10. The Balaban J connectivity index is 2.24. The van der Waals surface area contributed by atoms with E-state index in [1.165, 1.54) is 0 Å². The van der Waals surface area contributed by atoms with Crippen LogP contribution in [0.1, 0.15) is 25.7 Å². The molecule has 0 unspecified atom stereocenters. The summed E-state index contributed by atoms with van der Waals surface area (Å²) in [4.78, 5) is 0. The van der Waals surface area contributed by atoms with Gasteiger partial charge in [0.25, 0.3) is 0 Å². The molecule has 5 heteroatoms. The Morgan fingerprint density at radius 2 is 1.79 bits per heavy atom.